The summed E-state index contributed by atoms with van der Waals surface area (Å²) in [6.45, 7) is 2.65. The normalized spacial score (nSPS) is 10.8. The van der Waals surface area contributed by atoms with Crippen LogP contribution in [0.3, 0.4) is 0 Å². The first kappa shape index (κ1) is 17.9. The number of benzene rings is 2. The maximum absolute atomic E-state index is 12.9. The van der Waals surface area contributed by atoms with Gasteiger partial charge in [0.1, 0.15) is 0 Å². The number of para-hydroxylation sites is 1. The lowest BCUT2D eigenvalue weighted by molar-refractivity contribution is 0.0956. The van der Waals surface area contributed by atoms with Crippen LogP contribution in [0.15, 0.2) is 79.0 Å². The van der Waals surface area contributed by atoms with E-state index in [4.69, 9.17) is 0 Å². The molecule has 0 aliphatic carbocycles. The molecule has 0 saturated carbocycles. The molecule has 0 saturated heterocycles. The molecule has 0 bridgehead atoms. The predicted molar refractivity (Wildman–Crippen MR) is 112 cm³/mol. The van der Waals surface area contributed by atoms with Crippen LogP contribution in [0.1, 0.15) is 21.5 Å². The summed E-state index contributed by atoms with van der Waals surface area (Å²) in [6, 6.07) is 23.6. The van der Waals surface area contributed by atoms with Crippen LogP contribution in [-0.4, -0.2) is 22.4 Å². The Morgan fingerprint density at radius 3 is 2.50 bits per heavy atom. The van der Waals surface area contributed by atoms with Crippen LogP contribution in [0.2, 0.25) is 0 Å². The molecule has 4 aromatic rings. The van der Waals surface area contributed by atoms with E-state index in [1.54, 1.807) is 6.20 Å². The van der Waals surface area contributed by atoms with Gasteiger partial charge >= 0.3 is 0 Å². The van der Waals surface area contributed by atoms with Gasteiger partial charge in [0.2, 0.25) is 0 Å². The summed E-state index contributed by atoms with van der Waals surface area (Å²) >= 11 is 0. The minimum Gasteiger partial charge on any atom is -0.352 e. The third-order valence-corrected chi connectivity index (χ3v) is 4.71. The number of fused-ring (bicyclic) bond motifs is 1. The first-order valence-electron chi connectivity index (χ1n) is 9.35. The molecule has 1 amide bonds. The van der Waals surface area contributed by atoms with E-state index >= 15 is 0 Å². The number of amides is 1. The highest BCUT2D eigenvalue weighted by Crippen LogP contribution is 2.23. The van der Waals surface area contributed by atoms with Gasteiger partial charge in [-0.2, -0.15) is 0 Å². The molecule has 2 aromatic carbocycles. The van der Waals surface area contributed by atoms with Crippen molar-refractivity contribution in [2.24, 2.45) is 0 Å². The highest BCUT2D eigenvalue weighted by molar-refractivity contribution is 6.07. The van der Waals surface area contributed by atoms with E-state index < -0.39 is 0 Å². The van der Waals surface area contributed by atoms with Gasteiger partial charge in [-0.3, -0.25) is 9.78 Å². The molecule has 0 aliphatic rings. The van der Waals surface area contributed by atoms with Gasteiger partial charge in [-0.25, -0.2) is 4.98 Å². The highest BCUT2D eigenvalue weighted by Gasteiger charge is 2.14. The Morgan fingerprint density at radius 2 is 1.71 bits per heavy atom. The molecule has 0 spiro atoms. The van der Waals surface area contributed by atoms with Crippen LogP contribution in [0.25, 0.3) is 22.3 Å². The quantitative estimate of drug-likeness (QED) is 0.562. The summed E-state index contributed by atoms with van der Waals surface area (Å²) in [6.07, 6.45) is 2.52. The number of hydrogen-bond acceptors (Lipinski definition) is 3. The topological polar surface area (TPSA) is 54.9 Å². The Bertz CT molecular complexity index is 1110. The van der Waals surface area contributed by atoms with Crippen molar-refractivity contribution in [2.75, 3.05) is 6.54 Å². The zero-order valence-electron chi connectivity index (χ0n) is 15.7. The maximum atomic E-state index is 12.9. The van der Waals surface area contributed by atoms with E-state index in [2.05, 4.69) is 46.5 Å². The second kappa shape index (κ2) is 8.01. The average Bonchev–Trinajstić information content (AvgIpc) is 2.75. The number of nitrogens with zero attached hydrogens (tertiary/aromatic N) is 2. The SMILES string of the molecule is Cc1ccc(CCNC(=O)c2cc(-c3ccccn3)nc3ccccc23)cc1. The fourth-order valence-electron chi connectivity index (χ4n) is 3.18. The number of carbonyl (C=O) groups is 1. The summed E-state index contributed by atoms with van der Waals surface area (Å²) < 4.78 is 0. The van der Waals surface area contributed by atoms with Crippen molar-refractivity contribution in [3.63, 3.8) is 0 Å². The van der Waals surface area contributed by atoms with E-state index in [9.17, 15) is 4.79 Å². The third kappa shape index (κ3) is 3.91. The van der Waals surface area contributed by atoms with Crippen LogP contribution in [0.4, 0.5) is 0 Å². The molecule has 2 aromatic heterocycles. The van der Waals surface area contributed by atoms with E-state index in [0.29, 0.717) is 17.8 Å². The standard InChI is InChI=1S/C24H21N3O/c1-17-9-11-18(12-10-17)13-15-26-24(28)20-16-23(22-8-4-5-14-25-22)27-21-7-3-2-6-19(20)21/h2-12,14,16H,13,15H2,1H3,(H,26,28). The van der Waals surface area contributed by atoms with Crippen molar-refractivity contribution in [1.29, 1.82) is 0 Å². The molecule has 4 rings (SSSR count). The second-order valence-corrected chi connectivity index (χ2v) is 6.78. The molecule has 2 heterocycles. The van der Waals surface area contributed by atoms with Crippen molar-refractivity contribution in [3.8, 4) is 11.4 Å². The van der Waals surface area contributed by atoms with Crippen LogP contribution >= 0.6 is 0 Å². The van der Waals surface area contributed by atoms with E-state index in [1.807, 2.05) is 48.5 Å². The number of rotatable bonds is 5. The smallest absolute Gasteiger partial charge is 0.252 e. The number of hydrogen-bond donors (Lipinski definition) is 1. The van der Waals surface area contributed by atoms with Crippen LogP contribution < -0.4 is 5.32 Å². The lowest BCUT2D eigenvalue weighted by Gasteiger charge is -2.10. The van der Waals surface area contributed by atoms with Gasteiger partial charge in [0.25, 0.3) is 5.91 Å². The fourth-order valence-corrected chi connectivity index (χ4v) is 3.18. The van der Waals surface area contributed by atoms with E-state index in [0.717, 1.165) is 23.0 Å². The Hall–Kier alpha value is -3.53. The Morgan fingerprint density at radius 1 is 0.929 bits per heavy atom. The summed E-state index contributed by atoms with van der Waals surface area (Å²) in [4.78, 5) is 22.0. The van der Waals surface area contributed by atoms with Crippen molar-refractivity contribution in [1.82, 2.24) is 15.3 Å². The van der Waals surface area contributed by atoms with Gasteiger partial charge < -0.3 is 5.32 Å². The molecule has 0 atom stereocenters. The van der Waals surface area contributed by atoms with Crippen molar-refractivity contribution >= 4 is 16.8 Å². The number of nitrogens with one attached hydrogen (secondary N) is 1. The summed E-state index contributed by atoms with van der Waals surface area (Å²) in [5.74, 6) is -0.0945. The third-order valence-electron chi connectivity index (χ3n) is 4.71. The maximum Gasteiger partial charge on any atom is 0.252 e. The van der Waals surface area contributed by atoms with Gasteiger partial charge in [-0.15, -0.1) is 0 Å². The lowest BCUT2D eigenvalue weighted by atomic mass is 10.1. The second-order valence-electron chi connectivity index (χ2n) is 6.78. The Balaban J connectivity index is 1.59. The van der Waals surface area contributed by atoms with Crippen LogP contribution in [0.5, 0.6) is 0 Å². The molecule has 0 fully saturated rings. The molecule has 4 heteroatoms. The van der Waals surface area contributed by atoms with Gasteiger partial charge in [0, 0.05) is 18.1 Å². The number of carbonyl (C=O) groups excluding carboxylic acids is 1. The monoisotopic (exact) mass is 367 g/mol. The zero-order chi connectivity index (χ0) is 19.3. The van der Waals surface area contributed by atoms with Gasteiger partial charge in [-0.1, -0.05) is 54.1 Å². The minimum absolute atomic E-state index is 0.0945. The summed E-state index contributed by atoms with van der Waals surface area (Å²) in [7, 11) is 0. The number of aryl methyl sites for hydroxylation is 1. The van der Waals surface area contributed by atoms with Crippen LogP contribution in [-0.2, 0) is 6.42 Å². The Labute approximate surface area is 164 Å². The highest BCUT2D eigenvalue weighted by atomic mass is 16.1. The largest absolute Gasteiger partial charge is 0.352 e. The average molecular weight is 367 g/mol. The molecule has 4 nitrogen and oxygen atoms in total. The van der Waals surface area contributed by atoms with E-state index in [1.165, 1.54) is 11.1 Å². The van der Waals surface area contributed by atoms with E-state index in [-0.39, 0.29) is 5.91 Å². The predicted octanol–water partition coefficient (Wildman–Crippen LogP) is 4.58. The first-order chi connectivity index (χ1) is 13.7. The molecular formula is C24H21N3O. The number of aromatic nitrogens is 2. The van der Waals surface area contributed by atoms with Crippen LogP contribution in [0, 0.1) is 6.92 Å². The first-order valence-corrected chi connectivity index (χ1v) is 9.35. The van der Waals surface area contributed by atoms with Gasteiger partial charge in [-0.05, 0) is 43.2 Å². The molecule has 0 unspecified atom stereocenters. The molecule has 138 valence electrons. The van der Waals surface area contributed by atoms with Crippen molar-refractivity contribution in [2.45, 2.75) is 13.3 Å². The number of pyridine rings is 2. The summed E-state index contributed by atoms with van der Waals surface area (Å²) in [5.41, 5.74) is 5.30. The molecule has 28 heavy (non-hydrogen) atoms. The van der Waals surface area contributed by atoms with Crippen molar-refractivity contribution in [3.05, 3.63) is 95.7 Å². The minimum atomic E-state index is -0.0945. The van der Waals surface area contributed by atoms with Crippen molar-refractivity contribution < 1.29 is 4.79 Å². The zero-order valence-corrected chi connectivity index (χ0v) is 15.7. The van der Waals surface area contributed by atoms with Gasteiger partial charge in [0.05, 0.1) is 22.5 Å². The molecular weight excluding hydrogens is 346 g/mol. The summed E-state index contributed by atoms with van der Waals surface area (Å²) in [5, 5.41) is 3.89. The molecule has 1 N–H and O–H groups in total. The lowest BCUT2D eigenvalue weighted by Crippen LogP contribution is -2.26. The fraction of sp³-hybridized carbons (Fsp3) is 0.125. The molecule has 0 radical (unpaired) electrons. The van der Waals surface area contributed by atoms with Gasteiger partial charge in [0.15, 0.2) is 0 Å². The molecule has 0 aliphatic heterocycles. The Kier molecular flexibility index (Phi) is 5.11.